The van der Waals surface area contributed by atoms with E-state index >= 15 is 0 Å². The van der Waals surface area contributed by atoms with E-state index < -0.39 is 0 Å². The number of carbonyl (C=O) groups is 1. The normalized spacial score (nSPS) is 13.9. The molecule has 1 aliphatic rings. The molecule has 22 heavy (non-hydrogen) atoms. The lowest BCUT2D eigenvalue weighted by molar-refractivity contribution is -0.140. The molecule has 0 unspecified atom stereocenters. The van der Waals surface area contributed by atoms with Gasteiger partial charge in [-0.2, -0.15) is 4.98 Å². The van der Waals surface area contributed by atoms with Crippen molar-refractivity contribution in [2.45, 2.75) is 25.7 Å². The van der Waals surface area contributed by atoms with E-state index in [0.29, 0.717) is 18.1 Å². The first-order chi connectivity index (χ1) is 10.7. The first-order valence-corrected chi connectivity index (χ1v) is 7.37. The number of nitrogens with zero attached hydrogens (tertiary/aromatic N) is 2. The number of rotatable bonds is 7. The Hall–Kier alpha value is -2.37. The molecule has 1 aliphatic carbocycles. The molecular formula is C16H18N2O4. The Morgan fingerprint density at radius 3 is 2.77 bits per heavy atom. The quantitative estimate of drug-likeness (QED) is 0.732. The van der Waals surface area contributed by atoms with Gasteiger partial charge in [0.1, 0.15) is 5.75 Å². The van der Waals surface area contributed by atoms with Crippen molar-refractivity contribution >= 4 is 5.97 Å². The molecule has 0 amide bonds. The first kappa shape index (κ1) is 14.6. The van der Waals surface area contributed by atoms with Gasteiger partial charge in [0, 0.05) is 12.0 Å². The molecule has 2 aromatic rings. The van der Waals surface area contributed by atoms with Crippen LogP contribution in [-0.2, 0) is 16.0 Å². The topological polar surface area (TPSA) is 74.5 Å². The highest BCUT2D eigenvalue weighted by Gasteiger charge is 2.21. The number of esters is 1. The summed E-state index contributed by atoms with van der Waals surface area (Å²) in [6.45, 7) is 0.791. The van der Waals surface area contributed by atoms with Gasteiger partial charge in [-0.25, -0.2) is 0 Å². The minimum atomic E-state index is -0.295. The molecule has 0 N–H and O–H groups in total. The molecule has 1 saturated carbocycles. The maximum Gasteiger partial charge on any atom is 0.306 e. The number of methoxy groups -OCH3 is 1. The SMILES string of the molecule is COC(=O)CCc1nc(-c2ccc(OCC3CC3)cc2)no1. The summed E-state index contributed by atoms with van der Waals surface area (Å²) in [5, 5.41) is 3.93. The Bertz CT molecular complexity index is 632. The number of benzene rings is 1. The zero-order chi connectivity index (χ0) is 15.4. The second-order valence-corrected chi connectivity index (χ2v) is 5.37. The lowest BCUT2D eigenvalue weighted by atomic mass is 10.2. The van der Waals surface area contributed by atoms with E-state index in [1.807, 2.05) is 24.3 Å². The molecule has 6 nitrogen and oxygen atoms in total. The highest BCUT2D eigenvalue weighted by Crippen LogP contribution is 2.30. The Morgan fingerprint density at radius 1 is 1.32 bits per heavy atom. The Balaban J connectivity index is 1.58. The minimum absolute atomic E-state index is 0.228. The average molecular weight is 302 g/mol. The Morgan fingerprint density at radius 2 is 2.09 bits per heavy atom. The maximum atomic E-state index is 11.1. The van der Waals surface area contributed by atoms with Gasteiger partial charge < -0.3 is 14.0 Å². The van der Waals surface area contributed by atoms with E-state index in [1.165, 1.54) is 20.0 Å². The summed E-state index contributed by atoms with van der Waals surface area (Å²) in [7, 11) is 1.36. The summed E-state index contributed by atoms with van der Waals surface area (Å²) in [4.78, 5) is 15.4. The molecule has 0 radical (unpaired) electrons. The molecule has 1 heterocycles. The Labute approximate surface area is 128 Å². The van der Waals surface area contributed by atoms with E-state index in [4.69, 9.17) is 9.26 Å². The number of ether oxygens (including phenoxy) is 2. The molecule has 0 spiro atoms. The predicted molar refractivity (Wildman–Crippen MR) is 78.3 cm³/mol. The van der Waals surface area contributed by atoms with Crippen molar-refractivity contribution in [2.75, 3.05) is 13.7 Å². The van der Waals surface area contributed by atoms with E-state index in [2.05, 4.69) is 14.9 Å². The van der Waals surface area contributed by atoms with Gasteiger partial charge in [0.15, 0.2) is 0 Å². The average Bonchev–Trinajstić information content (AvgIpc) is 3.27. The van der Waals surface area contributed by atoms with Gasteiger partial charge in [0.25, 0.3) is 0 Å². The van der Waals surface area contributed by atoms with Crippen LogP contribution in [0, 0.1) is 5.92 Å². The molecule has 0 aliphatic heterocycles. The van der Waals surface area contributed by atoms with Crippen LogP contribution in [0.1, 0.15) is 25.2 Å². The van der Waals surface area contributed by atoms with E-state index in [0.717, 1.165) is 23.8 Å². The summed E-state index contributed by atoms with van der Waals surface area (Å²) in [5.74, 6) is 2.22. The first-order valence-electron chi connectivity index (χ1n) is 7.37. The van der Waals surface area contributed by atoms with Crippen LogP contribution in [-0.4, -0.2) is 29.8 Å². The summed E-state index contributed by atoms with van der Waals surface area (Å²) in [6, 6.07) is 7.61. The largest absolute Gasteiger partial charge is 0.493 e. The van der Waals surface area contributed by atoms with Gasteiger partial charge in [-0.05, 0) is 43.0 Å². The second-order valence-electron chi connectivity index (χ2n) is 5.37. The number of carbonyl (C=O) groups excluding carboxylic acids is 1. The van der Waals surface area contributed by atoms with Crippen molar-refractivity contribution in [1.82, 2.24) is 10.1 Å². The van der Waals surface area contributed by atoms with E-state index in [-0.39, 0.29) is 12.4 Å². The van der Waals surface area contributed by atoms with Crippen molar-refractivity contribution in [3.8, 4) is 17.1 Å². The van der Waals surface area contributed by atoms with Crippen LogP contribution in [0.4, 0.5) is 0 Å². The smallest absolute Gasteiger partial charge is 0.306 e. The van der Waals surface area contributed by atoms with Gasteiger partial charge in [0.2, 0.25) is 11.7 Å². The summed E-state index contributed by atoms with van der Waals surface area (Å²) in [6.07, 6.45) is 3.15. The second kappa shape index (κ2) is 6.60. The summed E-state index contributed by atoms with van der Waals surface area (Å²) < 4.78 is 15.4. The van der Waals surface area contributed by atoms with Crippen LogP contribution in [0.25, 0.3) is 11.4 Å². The third kappa shape index (κ3) is 3.84. The number of aromatic nitrogens is 2. The molecule has 116 valence electrons. The number of hydrogen-bond acceptors (Lipinski definition) is 6. The number of hydrogen-bond donors (Lipinski definition) is 0. The zero-order valence-electron chi connectivity index (χ0n) is 12.4. The van der Waals surface area contributed by atoms with Crippen LogP contribution in [0.5, 0.6) is 5.75 Å². The van der Waals surface area contributed by atoms with Crippen molar-refractivity contribution in [1.29, 1.82) is 0 Å². The highest BCUT2D eigenvalue weighted by atomic mass is 16.5. The monoisotopic (exact) mass is 302 g/mol. The van der Waals surface area contributed by atoms with Gasteiger partial charge >= 0.3 is 5.97 Å². The number of aryl methyl sites for hydroxylation is 1. The summed E-state index contributed by atoms with van der Waals surface area (Å²) in [5.41, 5.74) is 0.854. The molecule has 1 aromatic heterocycles. The molecule has 0 saturated heterocycles. The Kier molecular flexibility index (Phi) is 4.37. The van der Waals surface area contributed by atoms with Crippen molar-refractivity contribution < 1.29 is 18.8 Å². The highest BCUT2D eigenvalue weighted by molar-refractivity contribution is 5.69. The fourth-order valence-electron chi connectivity index (χ4n) is 1.98. The van der Waals surface area contributed by atoms with Crippen molar-refractivity contribution in [3.63, 3.8) is 0 Å². The fourth-order valence-corrected chi connectivity index (χ4v) is 1.98. The summed E-state index contributed by atoms with van der Waals surface area (Å²) >= 11 is 0. The van der Waals surface area contributed by atoms with Crippen molar-refractivity contribution in [3.05, 3.63) is 30.2 Å². The van der Waals surface area contributed by atoms with Gasteiger partial charge in [-0.3, -0.25) is 4.79 Å². The lowest BCUT2D eigenvalue weighted by Gasteiger charge is -2.04. The fraction of sp³-hybridized carbons (Fsp3) is 0.438. The molecule has 1 aromatic carbocycles. The third-order valence-electron chi connectivity index (χ3n) is 3.53. The zero-order valence-corrected chi connectivity index (χ0v) is 12.4. The van der Waals surface area contributed by atoms with Gasteiger partial charge in [0.05, 0.1) is 20.1 Å². The van der Waals surface area contributed by atoms with Crippen LogP contribution < -0.4 is 4.74 Å². The van der Waals surface area contributed by atoms with E-state index in [9.17, 15) is 4.79 Å². The van der Waals surface area contributed by atoms with E-state index in [1.54, 1.807) is 0 Å². The van der Waals surface area contributed by atoms with Crippen molar-refractivity contribution in [2.24, 2.45) is 5.92 Å². The molecule has 1 fully saturated rings. The van der Waals surface area contributed by atoms with Gasteiger partial charge in [-0.1, -0.05) is 5.16 Å². The third-order valence-corrected chi connectivity index (χ3v) is 3.53. The van der Waals surface area contributed by atoms with Crippen LogP contribution in [0.3, 0.4) is 0 Å². The molecule has 0 bridgehead atoms. The standard InChI is InChI=1S/C16H18N2O4/c1-20-15(19)9-8-14-17-16(18-22-14)12-4-6-13(7-5-12)21-10-11-2-3-11/h4-7,11H,2-3,8-10H2,1H3. The predicted octanol–water partition coefficient (Wildman–Crippen LogP) is 2.63. The molecule has 6 heteroatoms. The minimum Gasteiger partial charge on any atom is -0.493 e. The molecular weight excluding hydrogens is 284 g/mol. The molecule has 3 rings (SSSR count). The van der Waals surface area contributed by atoms with Crippen LogP contribution in [0.2, 0.25) is 0 Å². The van der Waals surface area contributed by atoms with Gasteiger partial charge in [-0.15, -0.1) is 0 Å². The maximum absolute atomic E-state index is 11.1. The molecule has 0 atom stereocenters. The van der Waals surface area contributed by atoms with Crippen LogP contribution in [0.15, 0.2) is 28.8 Å². The lowest BCUT2D eigenvalue weighted by Crippen LogP contribution is -2.01. The van der Waals surface area contributed by atoms with Crippen LogP contribution >= 0.6 is 0 Å².